The summed E-state index contributed by atoms with van der Waals surface area (Å²) in [4.78, 5) is 2.38. The molecule has 0 saturated carbocycles. The van der Waals surface area contributed by atoms with Gasteiger partial charge in [-0.15, -0.1) is 0 Å². The topological polar surface area (TPSA) is 38.5 Å². The molecular weight excluding hydrogens is 340 g/mol. The third-order valence-corrected chi connectivity index (χ3v) is 4.39. The number of rotatable bonds is 8. The van der Waals surface area contributed by atoms with Gasteiger partial charge >= 0.3 is 0 Å². The summed E-state index contributed by atoms with van der Waals surface area (Å²) in [6.45, 7) is 7.57. The molecule has 2 N–H and O–H groups in total. The van der Waals surface area contributed by atoms with Crippen LogP contribution in [0.1, 0.15) is 25.5 Å². The van der Waals surface area contributed by atoms with E-state index in [1.807, 2.05) is 12.1 Å². The Kier molecular flexibility index (Phi) is 8.07. The lowest BCUT2D eigenvalue weighted by Crippen LogP contribution is -2.38. The van der Waals surface area contributed by atoms with Gasteiger partial charge in [-0.2, -0.15) is 0 Å². The van der Waals surface area contributed by atoms with Gasteiger partial charge in [0.15, 0.2) is 0 Å². The largest absolute Gasteiger partial charge is 0.383 e. The molecule has 5 heteroatoms. The van der Waals surface area contributed by atoms with Crippen LogP contribution in [0, 0.1) is 5.92 Å². The fourth-order valence-electron chi connectivity index (χ4n) is 2.27. The van der Waals surface area contributed by atoms with E-state index >= 15 is 0 Å². The second-order valence-corrected chi connectivity index (χ2v) is 6.57. The van der Waals surface area contributed by atoms with Crippen molar-refractivity contribution < 1.29 is 4.74 Å². The molecule has 0 heterocycles. The summed E-state index contributed by atoms with van der Waals surface area (Å²) in [6, 6.07) is 6.19. The van der Waals surface area contributed by atoms with Crippen molar-refractivity contribution in [2.24, 2.45) is 11.7 Å². The molecule has 3 nitrogen and oxygen atoms in total. The van der Waals surface area contributed by atoms with E-state index in [2.05, 4.69) is 40.7 Å². The number of benzene rings is 1. The van der Waals surface area contributed by atoms with Crippen LogP contribution in [-0.4, -0.2) is 38.3 Å². The van der Waals surface area contributed by atoms with Crippen LogP contribution < -0.4 is 5.73 Å². The first-order valence-electron chi connectivity index (χ1n) is 6.87. The minimum Gasteiger partial charge on any atom is -0.383 e. The first-order chi connectivity index (χ1) is 9.49. The molecular formula is C15H24BrClN2O. The third kappa shape index (κ3) is 5.34. The molecule has 0 aromatic heterocycles. The van der Waals surface area contributed by atoms with Crippen molar-refractivity contribution >= 4 is 27.5 Å². The number of methoxy groups -OCH3 is 1. The van der Waals surface area contributed by atoms with Crippen molar-refractivity contribution in [3.8, 4) is 0 Å². The molecule has 0 spiro atoms. The average molecular weight is 364 g/mol. The zero-order chi connectivity index (χ0) is 15.1. The summed E-state index contributed by atoms with van der Waals surface area (Å²) in [7, 11) is 1.73. The summed E-state index contributed by atoms with van der Waals surface area (Å²) < 4.78 is 6.12. The van der Waals surface area contributed by atoms with Crippen LogP contribution in [0.4, 0.5) is 0 Å². The molecule has 1 aromatic rings. The van der Waals surface area contributed by atoms with Gasteiger partial charge < -0.3 is 10.5 Å². The fraction of sp³-hybridized carbons (Fsp3) is 0.600. The van der Waals surface area contributed by atoms with Gasteiger partial charge in [-0.25, -0.2) is 0 Å². The summed E-state index contributed by atoms with van der Waals surface area (Å²) in [5.41, 5.74) is 7.19. The van der Waals surface area contributed by atoms with E-state index in [0.717, 1.165) is 22.6 Å². The van der Waals surface area contributed by atoms with Crippen LogP contribution in [-0.2, 0) is 4.74 Å². The Morgan fingerprint density at radius 3 is 2.60 bits per heavy atom. The van der Waals surface area contributed by atoms with Crippen molar-refractivity contribution in [3.63, 3.8) is 0 Å². The zero-order valence-corrected chi connectivity index (χ0v) is 14.7. The Hall–Kier alpha value is -0.130. The van der Waals surface area contributed by atoms with Gasteiger partial charge in [0, 0.05) is 37.3 Å². The van der Waals surface area contributed by atoms with Crippen molar-refractivity contribution in [1.29, 1.82) is 0 Å². The Labute approximate surface area is 135 Å². The number of hydrogen-bond donors (Lipinski definition) is 1. The molecule has 0 aliphatic carbocycles. The smallest absolute Gasteiger partial charge is 0.0589 e. The van der Waals surface area contributed by atoms with Crippen LogP contribution in [0.5, 0.6) is 0 Å². The Bertz CT molecular complexity index is 415. The number of nitrogens with two attached hydrogens (primary N) is 1. The van der Waals surface area contributed by atoms with Crippen molar-refractivity contribution in [2.45, 2.75) is 19.9 Å². The molecule has 0 saturated heterocycles. The molecule has 0 radical (unpaired) electrons. The average Bonchev–Trinajstić information content (AvgIpc) is 2.40. The normalized spacial score (nSPS) is 13.2. The van der Waals surface area contributed by atoms with Gasteiger partial charge in [0.1, 0.15) is 0 Å². The summed E-state index contributed by atoms with van der Waals surface area (Å²) in [5, 5.41) is 0.719. The van der Waals surface area contributed by atoms with Gasteiger partial charge in [0.05, 0.1) is 11.6 Å². The van der Waals surface area contributed by atoms with Gasteiger partial charge in [0.2, 0.25) is 0 Å². The fourth-order valence-corrected chi connectivity index (χ4v) is 2.78. The van der Waals surface area contributed by atoms with E-state index in [0.29, 0.717) is 19.1 Å². The number of hydrogen-bond acceptors (Lipinski definition) is 3. The second-order valence-electron chi connectivity index (χ2n) is 5.31. The molecule has 0 aliphatic rings. The minimum absolute atomic E-state index is 0.182. The van der Waals surface area contributed by atoms with Crippen LogP contribution in [0.2, 0.25) is 5.02 Å². The molecule has 20 heavy (non-hydrogen) atoms. The van der Waals surface area contributed by atoms with Crippen LogP contribution in [0.3, 0.4) is 0 Å². The highest BCUT2D eigenvalue weighted by Crippen LogP contribution is 2.28. The first-order valence-corrected chi connectivity index (χ1v) is 8.04. The third-order valence-electron chi connectivity index (χ3n) is 3.17. The van der Waals surface area contributed by atoms with E-state index in [1.54, 1.807) is 7.11 Å². The lowest BCUT2D eigenvalue weighted by Gasteiger charge is -2.32. The zero-order valence-electron chi connectivity index (χ0n) is 12.4. The van der Waals surface area contributed by atoms with E-state index in [9.17, 15) is 0 Å². The highest BCUT2D eigenvalue weighted by Gasteiger charge is 2.20. The predicted molar refractivity (Wildman–Crippen MR) is 89.2 cm³/mol. The van der Waals surface area contributed by atoms with Crippen molar-refractivity contribution in [2.75, 3.05) is 33.4 Å². The maximum Gasteiger partial charge on any atom is 0.0589 e. The maximum atomic E-state index is 6.06. The molecule has 1 unspecified atom stereocenters. The number of halogens is 2. The monoisotopic (exact) mass is 362 g/mol. The summed E-state index contributed by atoms with van der Waals surface area (Å²) in [5.74, 6) is 0.580. The van der Waals surface area contributed by atoms with Crippen LogP contribution in [0.15, 0.2) is 22.7 Å². The Morgan fingerprint density at radius 1 is 1.40 bits per heavy atom. The molecule has 1 rings (SSSR count). The minimum atomic E-state index is 0.182. The first kappa shape index (κ1) is 17.9. The van der Waals surface area contributed by atoms with Crippen molar-refractivity contribution in [1.82, 2.24) is 4.90 Å². The van der Waals surface area contributed by atoms with Gasteiger partial charge in [0.25, 0.3) is 0 Å². The lowest BCUT2D eigenvalue weighted by atomic mass is 10.0. The van der Waals surface area contributed by atoms with E-state index in [4.69, 9.17) is 22.1 Å². The van der Waals surface area contributed by atoms with Gasteiger partial charge in [-0.3, -0.25) is 4.90 Å². The molecule has 1 aromatic carbocycles. The van der Waals surface area contributed by atoms with Gasteiger partial charge in [-0.05, 0) is 39.5 Å². The summed E-state index contributed by atoms with van der Waals surface area (Å²) in [6.07, 6.45) is 0. The number of ether oxygens (including phenoxy) is 1. The highest BCUT2D eigenvalue weighted by atomic mass is 79.9. The van der Waals surface area contributed by atoms with E-state index in [1.165, 1.54) is 5.56 Å². The SMILES string of the molecule is COCCN(CC(C)C)C(CN)c1ccc(Cl)c(Br)c1. The molecule has 0 aliphatic heterocycles. The number of nitrogens with zero attached hydrogens (tertiary/aromatic N) is 1. The van der Waals surface area contributed by atoms with Crippen LogP contribution >= 0.6 is 27.5 Å². The quantitative estimate of drug-likeness (QED) is 0.765. The molecule has 114 valence electrons. The lowest BCUT2D eigenvalue weighted by molar-refractivity contribution is 0.112. The second kappa shape index (κ2) is 9.00. The maximum absolute atomic E-state index is 6.06. The van der Waals surface area contributed by atoms with E-state index < -0.39 is 0 Å². The molecule has 0 bridgehead atoms. The van der Waals surface area contributed by atoms with E-state index in [-0.39, 0.29) is 6.04 Å². The van der Waals surface area contributed by atoms with Gasteiger partial charge in [-0.1, -0.05) is 31.5 Å². The summed E-state index contributed by atoms with van der Waals surface area (Å²) >= 11 is 9.54. The molecule has 0 fully saturated rings. The Balaban J connectivity index is 2.94. The predicted octanol–water partition coefficient (Wildman–Crippen LogP) is 3.71. The standard InChI is InChI=1S/C15H24BrClN2O/c1-11(2)10-19(6-7-20-3)15(9-18)12-4-5-14(17)13(16)8-12/h4-5,8,11,15H,6-7,9-10,18H2,1-3H3. The Morgan fingerprint density at radius 2 is 2.10 bits per heavy atom. The highest BCUT2D eigenvalue weighted by molar-refractivity contribution is 9.10. The van der Waals surface area contributed by atoms with Crippen LogP contribution in [0.25, 0.3) is 0 Å². The molecule has 0 amide bonds. The molecule has 1 atom stereocenters. The van der Waals surface area contributed by atoms with Crippen molar-refractivity contribution in [3.05, 3.63) is 33.3 Å².